The van der Waals surface area contributed by atoms with Crippen LogP contribution in [0, 0.1) is 6.92 Å². The summed E-state index contributed by atoms with van der Waals surface area (Å²) >= 11 is 1.47. The van der Waals surface area contributed by atoms with Crippen molar-refractivity contribution in [1.29, 1.82) is 0 Å². The second kappa shape index (κ2) is 9.43. The monoisotopic (exact) mass is 485 g/mol. The van der Waals surface area contributed by atoms with Crippen molar-refractivity contribution in [3.05, 3.63) is 51.7 Å². The first-order valence-electron chi connectivity index (χ1n) is 10.9. The molecule has 0 bridgehead atoms. The highest BCUT2D eigenvalue weighted by molar-refractivity contribution is 7.13. The fourth-order valence-electron chi connectivity index (χ4n) is 4.05. The number of benzene rings is 1. The summed E-state index contributed by atoms with van der Waals surface area (Å²) in [5.74, 6) is -0.513. The number of ether oxygens (including phenoxy) is 1. The van der Waals surface area contributed by atoms with E-state index in [9.17, 15) is 19.2 Å². The summed E-state index contributed by atoms with van der Waals surface area (Å²) in [5, 5.41) is 3.38. The summed E-state index contributed by atoms with van der Waals surface area (Å²) in [6.07, 6.45) is 0. The van der Waals surface area contributed by atoms with E-state index in [2.05, 4.69) is 10.7 Å². The van der Waals surface area contributed by atoms with Crippen molar-refractivity contribution in [2.45, 2.75) is 19.4 Å². The van der Waals surface area contributed by atoms with Gasteiger partial charge in [-0.2, -0.15) is 5.01 Å². The Balaban J connectivity index is 1.32. The average molecular weight is 486 g/mol. The minimum absolute atomic E-state index is 0.00151. The van der Waals surface area contributed by atoms with Gasteiger partial charge in [-0.1, -0.05) is 12.1 Å². The van der Waals surface area contributed by atoms with Gasteiger partial charge >= 0.3 is 6.03 Å². The van der Waals surface area contributed by atoms with Crippen molar-refractivity contribution in [2.24, 2.45) is 0 Å². The van der Waals surface area contributed by atoms with Gasteiger partial charge in [-0.05, 0) is 43.7 Å². The van der Waals surface area contributed by atoms with E-state index in [1.165, 1.54) is 18.4 Å². The van der Waals surface area contributed by atoms with Gasteiger partial charge in [0.05, 0.1) is 18.5 Å². The average Bonchev–Trinajstić information content (AvgIpc) is 3.36. The number of nitrogens with zero attached hydrogens (tertiary/aromatic N) is 3. The topological polar surface area (TPSA) is 111 Å². The fraction of sp³-hybridized carbons (Fsp3) is 0.391. The number of hydrogen-bond acceptors (Lipinski definition) is 7. The van der Waals surface area contributed by atoms with Gasteiger partial charge in [-0.3, -0.25) is 24.7 Å². The lowest BCUT2D eigenvalue weighted by molar-refractivity contribution is -0.139. The third-order valence-corrected chi connectivity index (χ3v) is 7.04. The number of carbonyl (C=O) groups excluding carboxylic acids is 4. The Morgan fingerprint density at radius 1 is 1.15 bits per heavy atom. The van der Waals surface area contributed by atoms with Crippen LogP contribution in [0.15, 0.2) is 36.4 Å². The highest BCUT2D eigenvalue weighted by atomic mass is 32.1. The molecule has 10 nitrogen and oxygen atoms in total. The van der Waals surface area contributed by atoms with E-state index in [1.54, 1.807) is 36.1 Å². The number of methoxy groups -OCH3 is 1. The third kappa shape index (κ3) is 4.62. The largest absolute Gasteiger partial charge is 0.497 e. The quantitative estimate of drug-likeness (QED) is 0.597. The highest BCUT2D eigenvalue weighted by Crippen LogP contribution is 2.30. The van der Waals surface area contributed by atoms with E-state index < -0.39 is 23.4 Å². The predicted molar refractivity (Wildman–Crippen MR) is 125 cm³/mol. The Kier molecular flexibility index (Phi) is 6.58. The lowest BCUT2D eigenvalue weighted by Crippen LogP contribution is -2.54. The number of urea groups is 1. The number of amides is 5. The first-order chi connectivity index (χ1) is 16.2. The lowest BCUT2D eigenvalue weighted by Gasteiger charge is -2.34. The first kappa shape index (κ1) is 23.7. The third-order valence-electron chi connectivity index (χ3n) is 6.05. The number of hydrogen-bond donors (Lipinski definition) is 2. The van der Waals surface area contributed by atoms with Gasteiger partial charge < -0.3 is 15.0 Å². The second-order valence-electron chi connectivity index (χ2n) is 8.44. The number of piperazine rings is 1. The molecule has 0 aliphatic carbocycles. The molecule has 2 saturated heterocycles. The number of carbonyl (C=O) groups is 4. The Morgan fingerprint density at radius 3 is 2.53 bits per heavy atom. The first-order valence-corrected chi connectivity index (χ1v) is 11.7. The van der Waals surface area contributed by atoms with E-state index in [0.29, 0.717) is 42.4 Å². The standard InChI is InChI=1S/C23H27N5O5S/c1-15-7-8-18(34-15)20(30)27-11-9-26(10-12-27)14-19(29)25-28-21(31)23(2,24-22(28)32)16-5-4-6-17(13-16)33-3/h4-8,13H,9-12,14H2,1-3H3,(H,24,32)(H,25,29). The summed E-state index contributed by atoms with van der Waals surface area (Å²) in [7, 11) is 1.52. The van der Waals surface area contributed by atoms with Gasteiger partial charge in [0.2, 0.25) is 0 Å². The number of imide groups is 1. The van der Waals surface area contributed by atoms with Gasteiger partial charge in [-0.15, -0.1) is 11.3 Å². The molecule has 2 aliphatic heterocycles. The van der Waals surface area contributed by atoms with Gasteiger partial charge in [0.15, 0.2) is 0 Å². The van der Waals surface area contributed by atoms with Crippen LogP contribution >= 0.6 is 11.3 Å². The van der Waals surface area contributed by atoms with E-state index >= 15 is 0 Å². The van der Waals surface area contributed by atoms with Crippen LogP contribution in [0.4, 0.5) is 4.79 Å². The molecule has 180 valence electrons. The van der Waals surface area contributed by atoms with E-state index in [0.717, 1.165) is 9.89 Å². The number of thiophene rings is 1. The zero-order chi connectivity index (χ0) is 24.5. The zero-order valence-corrected chi connectivity index (χ0v) is 20.1. The summed E-state index contributed by atoms with van der Waals surface area (Å²) in [4.78, 5) is 56.2. The maximum Gasteiger partial charge on any atom is 0.344 e. The molecule has 4 rings (SSSR count). The molecule has 1 aromatic carbocycles. The molecular formula is C23H27N5O5S. The number of aryl methyl sites for hydroxylation is 1. The SMILES string of the molecule is COc1cccc(C2(C)NC(=O)N(NC(=O)CN3CCN(C(=O)c4ccc(C)s4)CC3)C2=O)c1. The Hall–Kier alpha value is -3.44. The Labute approximate surface area is 201 Å². The zero-order valence-electron chi connectivity index (χ0n) is 19.3. The molecule has 1 atom stereocenters. The smallest absolute Gasteiger partial charge is 0.344 e. The van der Waals surface area contributed by atoms with Crippen molar-refractivity contribution < 1.29 is 23.9 Å². The summed E-state index contributed by atoms with van der Waals surface area (Å²) in [6.45, 7) is 5.59. The van der Waals surface area contributed by atoms with Crippen molar-refractivity contribution in [3.63, 3.8) is 0 Å². The highest BCUT2D eigenvalue weighted by Gasteiger charge is 2.50. The molecule has 3 heterocycles. The van der Waals surface area contributed by atoms with Crippen molar-refractivity contribution >= 4 is 35.1 Å². The van der Waals surface area contributed by atoms with Crippen LogP contribution in [0.25, 0.3) is 0 Å². The maximum atomic E-state index is 13.1. The minimum atomic E-state index is -1.33. The molecule has 0 spiro atoms. The molecule has 2 fully saturated rings. The predicted octanol–water partition coefficient (Wildman–Crippen LogP) is 1.32. The van der Waals surface area contributed by atoms with Crippen LogP contribution < -0.4 is 15.5 Å². The van der Waals surface area contributed by atoms with Crippen LogP contribution in [0.1, 0.15) is 27.0 Å². The number of nitrogens with one attached hydrogen (secondary N) is 2. The molecule has 34 heavy (non-hydrogen) atoms. The lowest BCUT2D eigenvalue weighted by atomic mass is 9.92. The maximum absolute atomic E-state index is 13.1. The van der Waals surface area contributed by atoms with Crippen LogP contribution in [-0.2, 0) is 15.1 Å². The molecule has 5 amide bonds. The Bertz CT molecular complexity index is 1130. The molecule has 2 N–H and O–H groups in total. The molecule has 0 radical (unpaired) electrons. The van der Waals surface area contributed by atoms with Gasteiger partial charge in [0.1, 0.15) is 11.3 Å². The summed E-state index contributed by atoms with van der Waals surface area (Å²) < 4.78 is 5.21. The van der Waals surface area contributed by atoms with E-state index in [1.807, 2.05) is 24.0 Å². The van der Waals surface area contributed by atoms with E-state index in [4.69, 9.17) is 4.74 Å². The van der Waals surface area contributed by atoms with Crippen molar-refractivity contribution in [3.8, 4) is 5.75 Å². The normalized spacial score (nSPS) is 20.9. The van der Waals surface area contributed by atoms with Gasteiger partial charge in [-0.25, -0.2) is 4.79 Å². The molecular weight excluding hydrogens is 458 g/mol. The van der Waals surface area contributed by atoms with Crippen molar-refractivity contribution in [1.82, 2.24) is 25.6 Å². The van der Waals surface area contributed by atoms with Crippen LogP contribution in [0.2, 0.25) is 0 Å². The van der Waals surface area contributed by atoms with Crippen LogP contribution in [-0.4, -0.2) is 78.4 Å². The number of rotatable bonds is 6. The van der Waals surface area contributed by atoms with Crippen LogP contribution in [0.5, 0.6) is 5.75 Å². The number of hydrazine groups is 1. The second-order valence-corrected chi connectivity index (χ2v) is 9.73. The molecule has 0 saturated carbocycles. The van der Waals surface area contributed by atoms with E-state index in [-0.39, 0.29) is 12.5 Å². The van der Waals surface area contributed by atoms with Crippen molar-refractivity contribution in [2.75, 3.05) is 39.8 Å². The fourth-order valence-corrected chi connectivity index (χ4v) is 4.88. The summed E-state index contributed by atoms with van der Waals surface area (Å²) in [6, 6.07) is 9.90. The molecule has 1 aromatic heterocycles. The molecule has 1 unspecified atom stereocenters. The van der Waals surface area contributed by atoms with Gasteiger partial charge in [0.25, 0.3) is 17.7 Å². The minimum Gasteiger partial charge on any atom is -0.497 e. The molecule has 2 aliphatic rings. The van der Waals surface area contributed by atoms with Gasteiger partial charge in [0, 0.05) is 31.1 Å². The Morgan fingerprint density at radius 2 is 1.88 bits per heavy atom. The summed E-state index contributed by atoms with van der Waals surface area (Å²) in [5.41, 5.74) is 1.64. The molecule has 11 heteroatoms. The van der Waals surface area contributed by atoms with Crippen LogP contribution in [0.3, 0.4) is 0 Å². The molecule has 2 aromatic rings.